The van der Waals surface area contributed by atoms with Crippen molar-refractivity contribution in [1.29, 1.82) is 0 Å². The van der Waals surface area contributed by atoms with Crippen LogP contribution in [0.4, 0.5) is 0 Å². The molecule has 3 saturated heterocycles. The molecule has 4 N–H and O–H groups in total. The summed E-state index contributed by atoms with van der Waals surface area (Å²) in [4.78, 5) is 11.9. The summed E-state index contributed by atoms with van der Waals surface area (Å²) in [5, 5.41) is 20.1. The maximum Gasteiger partial charge on any atom is 0.222 e. The minimum Gasteiger partial charge on any atom is -0.388 e. The Balaban J connectivity index is 1.37. The molecule has 0 aliphatic carbocycles. The summed E-state index contributed by atoms with van der Waals surface area (Å²) in [6.45, 7) is 3.71. The molecule has 0 bridgehead atoms. The molecule has 8 nitrogen and oxygen atoms in total. The Morgan fingerprint density at radius 1 is 1.32 bits per heavy atom. The quantitative estimate of drug-likeness (QED) is 0.404. The fraction of sp³-hybridized carbons (Fsp3) is 0.941. The Morgan fingerprint density at radius 2 is 2.12 bits per heavy atom. The molecular formula is C17H31N3O5. The number of carbonyl (C=O) groups is 1. The second kappa shape index (κ2) is 9.25. The third-order valence-corrected chi connectivity index (χ3v) is 5.27. The number of carbonyl (C=O) groups excluding carboxylic acids is 1. The number of piperidine rings is 1. The Hall–Kier alpha value is -0.770. The van der Waals surface area contributed by atoms with E-state index in [0.29, 0.717) is 38.6 Å². The zero-order chi connectivity index (χ0) is 17.6. The molecule has 3 aliphatic heterocycles. The van der Waals surface area contributed by atoms with E-state index in [9.17, 15) is 9.90 Å². The van der Waals surface area contributed by atoms with Crippen LogP contribution in [-0.2, 0) is 19.0 Å². The van der Waals surface area contributed by atoms with Gasteiger partial charge in [-0.3, -0.25) is 4.79 Å². The van der Waals surface area contributed by atoms with Gasteiger partial charge in [-0.15, -0.1) is 0 Å². The van der Waals surface area contributed by atoms with Crippen molar-refractivity contribution in [3.63, 3.8) is 0 Å². The first-order chi connectivity index (χ1) is 12.2. The van der Waals surface area contributed by atoms with Crippen molar-refractivity contribution in [2.75, 3.05) is 39.9 Å². The van der Waals surface area contributed by atoms with Crippen LogP contribution >= 0.6 is 0 Å². The highest BCUT2D eigenvalue weighted by Gasteiger charge is 2.50. The van der Waals surface area contributed by atoms with Gasteiger partial charge in [-0.25, -0.2) is 0 Å². The second-order valence-corrected chi connectivity index (χ2v) is 7.14. The van der Waals surface area contributed by atoms with Crippen molar-refractivity contribution in [3.05, 3.63) is 0 Å². The van der Waals surface area contributed by atoms with Gasteiger partial charge in [-0.05, 0) is 25.9 Å². The summed E-state index contributed by atoms with van der Waals surface area (Å²) in [7, 11) is 1.60. The first-order valence-corrected chi connectivity index (χ1v) is 9.36. The fourth-order valence-corrected chi connectivity index (χ4v) is 3.89. The molecule has 0 aromatic carbocycles. The largest absolute Gasteiger partial charge is 0.388 e. The molecule has 3 fully saturated rings. The van der Waals surface area contributed by atoms with Gasteiger partial charge in [0.05, 0.1) is 31.3 Å². The van der Waals surface area contributed by atoms with E-state index in [2.05, 4.69) is 16.0 Å². The Bertz CT molecular complexity index is 433. The molecular weight excluding hydrogens is 326 g/mol. The molecule has 8 heteroatoms. The van der Waals surface area contributed by atoms with Crippen molar-refractivity contribution in [1.82, 2.24) is 16.0 Å². The minimum atomic E-state index is -0.638. The third-order valence-electron chi connectivity index (χ3n) is 5.27. The molecule has 144 valence electrons. The normalized spacial score (nSPS) is 35.7. The lowest BCUT2D eigenvalue weighted by Gasteiger charge is -2.26. The first kappa shape index (κ1) is 19.0. The van der Waals surface area contributed by atoms with Gasteiger partial charge in [0.1, 0.15) is 12.2 Å². The number of amides is 1. The Morgan fingerprint density at radius 3 is 2.84 bits per heavy atom. The molecule has 0 radical (unpaired) electrons. The highest BCUT2D eigenvalue weighted by molar-refractivity contribution is 5.76. The number of aliphatic hydroxyl groups excluding tert-OH is 1. The number of rotatable bonds is 8. The molecule has 5 atom stereocenters. The van der Waals surface area contributed by atoms with E-state index in [1.54, 1.807) is 7.11 Å². The van der Waals surface area contributed by atoms with Crippen molar-refractivity contribution >= 4 is 5.91 Å². The van der Waals surface area contributed by atoms with Crippen LogP contribution in [0.25, 0.3) is 0 Å². The molecule has 0 saturated carbocycles. The van der Waals surface area contributed by atoms with Crippen LogP contribution in [0.3, 0.4) is 0 Å². The lowest BCUT2D eigenvalue weighted by Crippen LogP contribution is -2.45. The average molecular weight is 357 g/mol. The summed E-state index contributed by atoms with van der Waals surface area (Å²) in [6.07, 6.45) is 1.66. The number of aliphatic hydroxyl groups is 1. The van der Waals surface area contributed by atoms with Crippen molar-refractivity contribution in [3.8, 4) is 0 Å². The van der Waals surface area contributed by atoms with E-state index >= 15 is 0 Å². The summed E-state index contributed by atoms with van der Waals surface area (Å²) >= 11 is 0. The van der Waals surface area contributed by atoms with E-state index in [-0.39, 0.29) is 30.3 Å². The van der Waals surface area contributed by atoms with E-state index in [4.69, 9.17) is 14.2 Å². The summed E-state index contributed by atoms with van der Waals surface area (Å²) in [5.41, 5.74) is 0. The maximum atomic E-state index is 11.9. The van der Waals surface area contributed by atoms with Gasteiger partial charge >= 0.3 is 0 Å². The number of fused-ring (bicyclic) bond motifs is 1. The smallest absolute Gasteiger partial charge is 0.222 e. The highest BCUT2D eigenvalue weighted by Crippen LogP contribution is 2.35. The molecule has 3 heterocycles. The fourth-order valence-electron chi connectivity index (χ4n) is 3.89. The minimum absolute atomic E-state index is 0.0550. The van der Waals surface area contributed by atoms with Crippen molar-refractivity contribution < 1.29 is 24.1 Å². The molecule has 0 unspecified atom stereocenters. The van der Waals surface area contributed by atoms with E-state index in [1.807, 2.05) is 0 Å². The predicted molar refractivity (Wildman–Crippen MR) is 91.3 cm³/mol. The summed E-state index contributed by atoms with van der Waals surface area (Å²) in [5.74, 6) is -0.0550. The summed E-state index contributed by atoms with van der Waals surface area (Å²) in [6, 6.07) is 0.488. The Labute approximate surface area is 149 Å². The number of nitrogens with one attached hydrogen (secondary N) is 3. The number of methoxy groups -OCH3 is 1. The lowest BCUT2D eigenvalue weighted by molar-refractivity contribution is -0.124. The van der Waals surface area contributed by atoms with E-state index in [1.165, 1.54) is 0 Å². The Kier molecular flexibility index (Phi) is 7.03. The third kappa shape index (κ3) is 5.12. The SMILES string of the molecule is COCCNC(=O)C[C@@H]1C[C@H]2O[C@H](CNC3CCNCC3)[C@@H](O)[C@H]2O1. The molecule has 0 spiro atoms. The number of hydrogen-bond donors (Lipinski definition) is 4. The zero-order valence-corrected chi connectivity index (χ0v) is 14.9. The number of ether oxygens (including phenoxy) is 3. The monoisotopic (exact) mass is 357 g/mol. The van der Waals surface area contributed by atoms with Crippen LogP contribution in [0, 0.1) is 0 Å². The summed E-state index contributed by atoms with van der Waals surface area (Å²) < 4.78 is 16.8. The van der Waals surface area contributed by atoms with Gasteiger partial charge in [-0.2, -0.15) is 0 Å². The average Bonchev–Trinajstić information content (AvgIpc) is 3.13. The van der Waals surface area contributed by atoms with Crippen LogP contribution in [0.15, 0.2) is 0 Å². The van der Waals surface area contributed by atoms with Crippen molar-refractivity contribution in [2.24, 2.45) is 0 Å². The van der Waals surface area contributed by atoms with Gasteiger partial charge in [0.15, 0.2) is 0 Å². The van der Waals surface area contributed by atoms with Crippen LogP contribution in [-0.4, -0.2) is 87.5 Å². The van der Waals surface area contributed by atoms with Crippen LogP contribution in [0.1, 0.15) is 25.7 Å². The van der Waals surface area contributed by atoms with Gasteiger partial charge < -0.3 is 35.3 Å². The van der Waals surface area contributed by atoms with Gasteiger partial charge in [-0.1, -0.05) is 0 Å². The molecule has 25 heavy (non-hydrogen) atoms. The molecule has 3 rings (SSSR count). The molecule has 3 aliphatic rings. The van der Waals surface area contributed by atoms with Gasteiger partial charge in [0.2, 0.25) is 5.91 Å². The van der Waals surface area contributed by atoms with E-state index < -0.39 is 6.10 Å². The molecule has 1 amide bonds. The molecule has 0 aromatic heterocycles. The number of hydrogen-bond acceptors (Lipinski definition) is 7. The second-order valence-electron chi connectivity index (χ2n) is 7.14. The standard InChI is InChI=1S/C17H31N3O5/c1-23-7-6-19-15(21)9-12-8-13-17(24-12)16(22)14(25-13)10-20-11-2-4-18-5-3-11/h11-14,16-18,20,22H,2-10H2,1H3,(H,19,21)/t12-,13+,14+,16+,17-/m0/s1. The molecule has 0 aromatic rings. The van der Waals surface area contributed by atoms with Crippen molar-refractivity contribution in [2.45, 2.75) is 62.2 Å². The first-order valence-electron chi connectivity index (χ1n) is 9.36. The van der Waals surface area contributed by atoms with Gasteiger partial charge in [0, 0.05) is 32.7 Å². The zero-order valence-electron chi connectivity index (χ0n) is 14.9. The van der Waals surface area contributed by atoms with Crippen LogP contribution in [0.2, 0.25) is 0 Å². The van der Waals surface area contributed by atoms with Gasteiger partial charge in [0.25, 0.3) is 0 Å². The van der Waals surface area contributed by atoms with Crippen LogP contribution in [0.5, 0.6) is 0 Å². The topological polar surface area (TPSA) is 101 Å². The van der Waals surface area contributed by atoms with E-state index in [0.717, 1.165) is 25.9 Å². The van der Waals surface area contributed by atoms with Crippen LogP contribution < -0.4 is 16.0 Å². The maximum absolute atomic E-state index is 11.9. The predicted octanol–water partition coefficient (Wildman–Crippen LogP) is -1.23. The lowest BCUT2D eigenvalue weighted by atomic mass is 10.0. The highest BCUT2D eigenvalue weighted by atomic mass is 16.6.